The molecule has 0 aromatic heterocycles. The van der Waals surface area contributed by atoms with Gasteiger partial charge in [0.2, 0.25) is 10.0 Å². The molecular weight excluding hydrogens is 424 g/mol. The van der Waals surface area contributed by atoms with Crippen LogP contribution in [0.15, 0.2) is 53.4 Å². The number of nitrogens with zero attached hydrogens (tertiary/aromatic N) is 2. The number of methoxy groups -OCH3 is 1. The van der Waals surface area contributed by atoms with E-state index in [1.807, 2.05) is 0 Å². The first-order valence-electron chi connectivity index (χ1n) is 9.52. The van der Waals surface area contributed by atoms with Gasteiger partial charge in [0.25, 0.3) is 0 Å². The van der Waals surface area contributed by atoms with Crippen LogP contribution >= 0.6 is 0 Å². The maximum Gasteiger partial charge on any atom is 0.414 e. The van der Waals surface area contributed by atoms with E-state index in [0.29, 0.717) is 23.7 Å². The zero-order valence-electron chi connectivity index (χ0n) is 17.4. The van der Waals surface area contributed by atoms with Crippen LogP contribution in [0.5, 0.6) is 5.75 Å². The number of ether oxygens (including phenoxy) is 1. The van der Waals surface area contributed by atoms with Crippen molar-refractivity contribution in [3.05, 3.63) is 59.7 Å². The lowest BCUT2D eigenvalue weighted by molar-refractivity contribution is -0.159. The van der Waals surface area contributed by atoms with Crippen LogP contribution in [0.25, 0.3) is 0 Å². The Kier molecular flexibility index (Phi) is 8.55. The standard InChI is InChI=1S/C19H24N2O3S.C2H2O4/c1-16-4-3-5-17(14-16)15-20-10-12-21(13-11-20)25(22,23)19-8-6-18(24-2)7-9-19;3-1(4)2(5)6/h3-9,14H,10-13,15H2,1-2H3;(H,3,4)(H,5,6). The number of benzene rings is 2. The van der Waals surface area contributed by atoms with Gasteiger partial charge in [-0.15, -0.1) is 0 Å². The molecule has 31 heavy (non-hydrogen) atoms. The van der Waals surface area contributed by atoms with E-state index in [0.717, 1.165) is 19.6 Å². The molecule has 0 atom stereocenters. The van der Waals surface area contributed by atoms with Crippen LogP contribution in [0.4, 0.5) is 0 Å². The first kappa shape index (κ1) is 24.3. The van der Waals surface area contributed by atoms with Gasteiger partial charge < -0.3 is 14.9 Å². The highest BCUT2D eigenvalue weighted by Gasteiger charge is 2.28. The third kappa shape index (κ3) is 7.06. The Morgan fingerprint density at radius 1 is 0.968 bits per heavy atom. The van der Waals surface area contributed by atoms with Crippen molar-refractivity contribution in [1.29, 1.82) is 0 Å². The molecule has 10 heteroatoms. The molecule has 1 saturated heterocycles. The van der Waals surface area contributed by atoms with E-state index in [-0.39, 0.29) is 0 Å². The van der Waals surface area contributed by atoms with Crippen molar-refractivity contribution in [3.8, 4) is 5.75 Å². The van der Waals surface area contributed by atoms with Gasteiger partial charge in [0.1, 0.15) is 5.75 Å². The molecule has 0 bridgehead atoms. The topological polar surface area (TPSA) is 124 Å². The number of piperazine rings is 1. The molecule has 0 aliphatic carbocycles. The van der Waals surface area contributed by atoms with E-state index >= 15 is 0 Å². The van der Waals surface area contributed by atoms with Gasteiger partial charge in [0.05, 0.1) is 12.0 Å². The largest absolute Gasteiger partial charge is 0.497 e. The van der Waals surface area contributed by atoms with Crippen molar-refractivity contribution in [3.63, 3.8) is 0 Å². The third-order valence-electron chi connectivity index (χ3n) is 4.70. The van der Waals surface area contributed by atoms with Gasteiger partial charge >= 0.3 is 11.9 Å². The van der Waals surface area contributed by atoms with E-state index in [9.17, 15) is 8.42 Å². The van der Waals surface area contributed by atoms with Gasteiger partial charge in [-0.2, -0.15) is 4.31 Å². The molecule has 3 rings (SSSR count). The number of aliphatic carboxylic acids is 2. The fourth-order valence-electron chi connectivity index (χ4n) is 3.09. The first-order valence-corrected chi connectivity index (χ1v) is 11.0. The average molecular weight is 451 g/mol. The van der Waals surface area contributed by atoms with Gasteiger partial charge in [-0.1, -0.05) is 29.8 Å². The summed E-state index contributed by atoms with van der Waals surface area (Å²) in [7, 11) is -1.87. The third-order valence-corrected chi connectivity index (χ3v) is 6.61. The molecule has 2 aromatic carbocycles. The summed E-state index contributed by atoms with van der Waals surface area (Å²) in [5.74, 6) is -2.99. The summed E-state index contributed by atoms with van der Waals surface area (Å²) < 4.78 is 32.2. The summed E-state index contributed by atoms with van der Waals surface area (Å²) in [4.78, 5) is 20.8. The minimum Gasteiger partial charge on any atom is -0.497 e. The zero-order valence-corrected chi connectivity index (χ0v) is 18.2. The lowest BCUT2D eigenvalue weighted by atomic mass is 10.1. The van der Waals surface area contributed by atoms with Gasteiger partial charge in [-0.3, -0.25) is 4.90 Å². The molecule has 2 N–H and O–H groups in total. The number of hydrogen-bond acceptors (Lipinski definition) is 6. The fourth-order valence-corrected chi connectivity index (χ4v) is 4.52. The summed E-state index contributed by atoms with van der Waals surface area (Å²) in [6.07, 6.45) is 0. The van der Waals surface area contributed by atoms with E-state index in [4.69, 9.17) is 24.5 Å². The van der Waals surface area contributed by atoms with E-state index in [2.05, 4.69) is 36.1 Å². The first-order chi connectivity index (χ1) is 14.6. The van der Waals surface area contributed by atoms with Crippen molar-refractivity contribution in [2.45, 2.75) is 18.4 Å². The minimum atomic E-state index is -3.44. The van der Waals surface area contributed by atoms with Crippen molar-refractivity contribution >= 4 is 22.0 Å². The smallest absolute Gasteiger partial charge is 0.414 e. The molecule has 0 amide bonds. The Balaban J connectivity index is 0.000000501. The summed E-state index contributed by atoms with van der Waals surface area (Å²) in [5, 5.41) is 14.8. The SMILES string of the molecule is COc1ccc(S(=O)(=O)N2CCN(Cc3cccc(C)c3)CC2)cc1.O=C(O)C(=O)O. The molecule has 9 nitrogen and oxygen atoms in total. The molecule has 0 radical (unpaired) electrons. The number of carboxylic acid groups (broad SMARTS) is 2. The van der Waals surface area contributed by atoms with Crippen molar-refractivity contribution in [2.24, 2.45) is 0 Å². The molecule has 0 saturated carbocycles. The quantitative estimate of drug-likeness (QED) is 0.659. The van der Waals surface area contributed by atoms with E-state index in [1.165, 1.54) is 11.1 Å². The number of carboxylic acids is 2. The number of carbonyl (C=O) groups is 2. The van der Waals surface area contributed by atoms with Gasteiger partial charge in [-0.25, -0.2) is 18.0 Å². The predicted molar refractivity (Wildman–Crippen MR) is 113 cm³/mol. The Morgan fingerprint density at radius 3 is 2.03 bits per heavy atom. The number of hydrogen-bond donors (Lipinski definition) is 2. The lowest BCUT2D eigenvalue weighted by Crippen LogP contribution is -2.48. The number of rotatable bonds is 5. The molecule has 1 fully saturated rings. The van der Waals surface area contributed by atoms with Crippen LogP contribution in [0.3, 0.4) is 0 Å². The molecular formula is C21H26N2O7S. The Morgan fingerprint density at radius 2 is 1.55 bits per heavy atom. The highest BCUT2D eigenvalue weighted by molar-refractivity contribution is 7.89. The average Bonchev–Trinajstić information content (AvgIpc) is 2.74. The van der Waals surface area contributed by atoms with E-state index in [1.54, 1.807) is 35.7 Å². The Labute approximate surface area is 181 Å². The molecule has 1 heterocycles. The monoisotopic (exact) mass is 450 g/mol. The molecule has 1 aliphatic heterocycles. The molecule has 0 unspecified atom stereocenters. The van der Waals surface area contributed by atoms with Crippen LogP contribution in [-0.2, 0) is 26.2 Å². The molecule has 1 aliphatic rings. The second kappa shape index (κ2) is 10.9. The second-order valence-electron chi connectivity index (χ2n) is 6.96. The van der Waals surface area contributed by atoms with Gasteiger partial charge in [-0.05, 0) is 36.8 Å². The van der Waals surface area contributed by atoms with Crippen LogP contribution in [0.1, 0.15) is 11.1 Å². The van der Waals surface area contributed by atoms with Crippen LogP contribution < -0.4 is 4.74 Å². The maximum absolute atomic E-state index is 12.8. The fraction of sp³-hybridized carbons (Fsp3) is 0.333. The number of aryl methyl sites for hydroxylation is 1. The predicted octanol–water partition coefficient (Wildman–Crippen LogP) is 1.67. The van der Waals surface area contributed by atoms with Gasteiger partial charge in [0.15, 0.2) is 0 Å². The van der Waals surface area contributed by atoms with Crippen LogP contribution in [-0.4, -0.2) is 73.1 Å². The molecule has 2 aromatic rings. The summed E-state index contributed by atoms with van der Waals surface area (Å²) in [5.41, 5.74) is 2.52. The van der Waals surface area contributed by atoms with Crippen LogP contribution in [0, 0.1) is 6.92 Å². The Hall–Kier alpha value is -2.95. The number of sulfonamides is 1. The maximum atomic E-state index is 12.8. The van der Waals surface area contributed by atoms with Crippen molar-refractivity contribution < 1.29 is 33.0 Å². The summed E-state index contributed by atoms with van der Waals surface area (Å²) >= 11 is 0. The summed E-state index contributed by atoms with van der Waals surface area (Å²) in [6, 6.07) is 15.0. The molecule has 168 valence electrons. The Bertz CT molecular complexity index is 987. The molecule has 0 spiro atoms. The van der Waals surface area contributed by atoms with Crippen molar-refractivity contribution in [2.75, 3.05) is 33.3 Å². The second-order valence-corrected chi connectivity index (χ2v) is 8.89. The van der Waals surface area contributed by atoms with Gasteiger partial charge in [0, 0.05) is 32.7 Å². The van der Waals surface area contributed by atoms with Crippen LogP contribution in [0.2, 0.25) is 0 Å². The zero-order chi connectivity index (χ0) is 23.0. The normalized spacial score (nSPS) is 14.9. The highest BCUT2D eigenvalue weighted by Crippen LogP contribution is 2.21. The lowest BCUT2D eigenvalue weighted by Gasteiger charge is -2.34. The van der Waals surface area contributed by atoms with Crippen molar-refractivity contribution in [1.82, 2.24) is 9.21 Å². The van der Waals surface area contributed by atoms with E-state index < -0.39 is 22.0 Å². The summed E-state index contributed by atoms with van der Waals surface area (Å²) in [6.45, 7) is 5.45. The minimum absolute atomic E-state index is 0.320. The highest BCUT2D eigenvalue weighted by atomic mass is 32.2.